The Morgan fingerprint density at radius 3 is 2.28 bits per heavy atom. The van der Waals surface area contributed by atoms with Gasteiger partial charge in [-0.25, -0.2) is 4.79 Å². The first-order chi connectivity index (χ1) is 8.40. The van der Waals surface area contributed by atoms with Gasteiger partial charge in [0.05, 0.1) is 17.7 Å². The van der Waals surface area contributed by atoms with Crippen LogP contribution in [0.2, 0.25) is 0 Å². The van der Waals surface area contributed by atoms with E-state index < -0.39 is 11.9 Å². The maximum Gasteiger partial charge on any atom is 0.337 e. The van der Waals surface area contributed by atoms with Crippen molar-refractivity contribution >= 4 is 59.7 Å². The zero-order valence-electron chi connectivity index (χ0n) is 8.84. The Kier molecular flexibility index (Phi) is 5.77. The molecule has 0 fully saturated rings. The van der Waals surface area contributed by atoms with Gasteiger partial charge < -0.3 is 15.5 Å². The first-order valence-electron chi connectivity index (χ1n) is 4.70. The van der Waals surface area contributed by atoms with E-state index in [1.54, 1.807) is 6.07 Å². The molecule has 0 heterocycles. The van der Waals surface area contributed by atoms with Crippen LogP contribution in [-0.2, 0) is 0 Å². The Balaban J connectivity index is 3.37. The maximum absolute atomic E-state index is 11.9. The summed E-state index contributed by atoms with van der Waals surface area (Å²) in [6.45, 7) is -0.165. The van der Waals surface area contributed by atoms with Crippen molar-refractivity contribution in [2.75, 3.05) is 13.2 Å². The Morgan fingerprint density at radius 1 is 1.17 bits per heavy atom. The van der Waals surface area contributed by atoms with Crippen LogP contribution >= 0.6 is 47.8 Å². The molecule has 18 heavy (non-hydrogen) atoms. The SMILES string of the molecule is O=C(NCCO)c1c(Br)cc(Br)c(Br)c1C(=O)O. The third-order valence-electron chi connectivity index (χ3n) is 2.01. The van der Waals surface area contributed by atoms with Crippen molar-refractivity contribution in [3.8, 4) is 0 Å². The average Bonchev–Trinajstić information content (AvgIpc) is 2.29. The lowest BCUT2D eigenvalue weighted by Crippen LogP contribution is -2.28. The van der Waals surface area contributed by atoms with Gasteiger partial charge in [0.15, 0.2) is 0 Å². The molecule has 0 unspecified atom stereocenters. The number of amides is 1. The number of benzene rings is 1. The molecule has 8 heteroatoms. The molecule has 0 aliphatic carbocycles. The summed E-state index contributed by atoms with van der Waals surface area (Å²) >= 11 is 9.47. The molecule has 0 saturated heterocycles. The van der Waals surface area contributed by atoms with Gasteiger partial charge in [0.25, 0.3) is 5.91 Å². The minimum atomic E-state index is -1.22. The summed E-state index contributed by atoms with van der Waals surface area (Å²) in [5.41, 5.74) is -0.141. The number of carboxylic acids is 1. The molecule has 0 spiro atoms. The number of aliphatic hydroxyl groups is 1. The summed E-state index contributed by atoms with van der Waals surface area (Å²) in [5.74, 6) is -1.79. The summed E-state index contributed by atoms with van der Waals surface area (Å²) in [6.07, 6.45) is 0. The number of aliphatic hydroxyl groups excluding tert-OH is 1. The molecule has 0 saturated carbocycles. The van der Waals surface area contributed by atoms with E-state index in [1.807, 2.05) is 0 Å². The molecule has 98 valence electrons. The zero-order chi connectivity index (χ0) is 13.9. The van der Waals surface area contributed by atoms with E-state index in [2.05, 4.69) is 53.1 Å². The normalized spacial score (nSPS) is 10.2. The monoisotopic (exact) mass is 443 g/mol. The molecule has 0 bridgehead atoms. The second-order valence-corrected chi connectivity index (χ2v) is 5.69. The predicted molar refractivity (Wildman–Crippen MR) is 75.9 cm³/mol. The highest BCUT2D eigenvalue weighted by molar-refractivity contribution is 9.13. The quantitative estimate of drug-likeness (QED) is 0.621. The van der Waals surface area contributed by atoms with Crippen LogP contribution in [0.5, 0.6) is 0 Å². The number of carbonyl (C=O) groups is 2. The van der Waals surface area contributed by atoms with Gasteiger partial charge in [-0.3, -0.25) is 4.79 Å². The topological polar surface area (TPSA) is 86.6 Å². The van der Waals surface area contributed by atoms with Crippen molar-refractivity contribution in [1.29, 1.82) is 0 Å². The van der Waals surface area contributed by atoms with Crippen molar-refractivity contribution in [2.45, 2.75) is 0 Å². The van der Waals surface area contributed by atoms with E-state index in [0.717, 1.165) is 0 Å². The summed E-state index contributed by atoms with van der Waals surface area (Å²) in [7, 11) is 0. The minimum Gasteiger partial charge on any atom is -0.478 e. The highest BCUT2D eigenvalue weighted by Gasteiger charge is 2.24. The maximum atomic E-state index is 11.9. The molecule has 5 nitrogen and oxygen atoms in total. The molecule has 0 aromatic heterocycles. The summed E-state index contributed by atoms with van der Waals surface area (Å²) in [6, 6.07) is 1.57. The smallest absolute Gasteiger partial charge is 0.337 e. The lowest BCUT2D eigenvalue weighted by Gasteiger charge is -2.12. The molecule has 1 aromatic carbocycles. The van der Waals surface area contributed by atoms with Gasteiger partial charge in [-0.2, -0.15) is 0 Å². The fraction of sp³-hybridized carbons (Fsp3) is 0.200. The third kappa shape index (κ3) is 3.31. The van der Waals surface area contributed by atoms with Crippen LogP contribution in [0.25, 0.3) is 0 Å². The van der Waals surface area contributed by atoms with Gasteiger partial charge in [-0.05, 0) is 53.9 Å². The Labute approximate surface area is 128 Å². The molecular weight excluding hydrogens is 438 g/mol. The van der Waals surface area contributed by atoms with Crippen molar-refractivity contribution in [3.05, 3.63) is 30.6 Å². The van der Waals surface area contributed by atoms with Crippen LogP contribution in [-0.4, -0.2) is 35.2 Å². The third-order valence-corrected chi connectivity index (χ3v) is 4.62. The minimum absolute atomic E-state index is 0.00558. The molecule has 0 aliphatic heterocycles. The van der Waals surface area contributed by atoms with Gasteiger partial charge in [-0.1, -0.05) is 0 Å². The van der Waals surface area contributed by atoms with Gasteiger partial charge in [0.2, 0.25) is 0 Å². The summed E-state index contributed by atoms with van der Waals surface area (Å²) in [4.78, 5) is 23.1. The highest BCUT2D eigenvalue weighted by Crippen LogP contribution is 2.34. The fourth-order valence-electron chi connectivity index (χ4n) is 1.28. The van der Waals surface area contributed by atoms with Crippen molar-refractivity contribution in [2.24, 2.45) is 0 Å². The number of carbonyl (C=O) groups excluding carboxylic acids is 1. The van der Waals surface area contributed by atoms with E-state index in [-0.39, 0.29) is 28.8 Å². The summed E-state index contributed by atoms with van der Waals surface area (Å²) in [5, 5.41) is 20.2. The number of hydrogen-bond acceptors (Lipinski definition) is 3. The summed E-state index contributed by atoms with van der Waals surface area (Å²) < 4.78 is 1.16. The molecule has 3 N–H and O–H groups in total. The van der Waals surface area contributed by atoms with Crippen LogP contribution in [0.1, 0.15) is 20.7 Å². The molecular formula is C10H8Br3NO4. The lowest BCUT2D eigenvalue weighted by atomic mass is 10.1. The predicted octanol–water partition coefficient (Wildman–Crippen LogP) is 2.39. The van der Waals surface area contributed by atoms with Gasteiger partial charge in [0.1, 0.15) is 0 Å². The molecule has 1 aromatic rings. The van der Waals surface area contributed by atoms with Crippen molar-refractivity contribution in [3.63, 3.8) is 0 Å². The van der Waals surface area contributed by atoms with Crippen LogP contribution < -0.4 is 5.32 Å². The van der Waals surface area contributed by atoms with Gasteiger partial charge >= 0.3 is 5.97 Å². The molecule has 1 amide bonds. The van der Waals surface area contributed by atoms with Crippen molar-refractivity contribution in [1.82, 2.24) is 5.32 Å². The van der Waals surface area contributed by atoms with E-state index in [4.69, 9.17) is 10.2 Å². The van der Waals surface area contributed by atoms with E-state index in [0.29, 0.717) is 8.95 Å². The Hall–Kier alpha value is -0.440. The standard InChI is InChI=1S/C10H8Br3NO4/c11-4-3-5(12)8(13)7(10(17)18)6(4)9(16)14-1-2-15/h3,15H,1-2H2,(H,14,16)(H,17,18). The van der Waals surface area contributed by atoms with Crippen LogP contribution in [0.15, 0.2) is 19.5 Å². The molecule has 1 rings (SSSR count). The molecule has 0 radical (unpaired) electrons. The Bertz CT molecular complexity index is 504. The Morgan fingerprint density at radius 2 is 1.78 bits per heavy atom. The van der Waals surface area contributed by atoms with Crippen LogP contribution in [0.3, 0.4) is 0 Å². The van der Waals surface area contributed by atoms with E-state index >= 15 is 0 Å². The number of rotatable bonds is 4. The van der Waals surface area contributed by atoms with Gasteiger partial charge in [-0.15, -0.1) is 0 Å². The van der Waals surface area contributed by atoms with Gasteiger partial charge in [0, 0.05) is 20.0 Å². The average molecular weight is 446 g/mol. The van der Waals surface area contributed by atoms with E-state index in [1.165, 1.54) is 0 Å². The number of carboxylic acid groups (broad SMARTS) is 1. The first-order valence-corrected chi connectivity index (χ1v) is 7.07. The number of nitrogens with one attached hydrogen (secondary N) is 1. The highest BCUT2D eigenvalue weighted by atomic mass is 79.9. The van der Waals surface area contributed by atoms with Crippen LogP contribution in [0, 0.1) is 0 Å². The molecule has 0 atom stereocenters. The second-order valence-electron chi connectivity index (χ2n) is 3.19. The largest absolute Gasteiger partial charge is 0.478 e. The first kappa shape index (κ1) is 15.6. The van der Waals surface area contributed by atoms with Crippen molar-refractivity contribution < 1.29 is 19.8 Å². The fourth-order valence-corrected chi connectivity index (χ4v) is 3.10. The second kappa shape index (κ2) is 6.65. The zero-order valence-corrected chi connectivity index (χ0v) is 13.6. The number of aromatic carboxylic acids is 1. The number of halogens is 3. The lowest BCUT2D eigenvalue weighted by molar-refractivity contribution is 0.0689. The van der Waals surface area contributed by atoms with Crippen LogP contribution in [0.4, 0.5) is 0 Å². The molecule has 0 aliphatic rings. The number of hydrogen-bond donors (Lipinski definition) is 3. The van der Waals surface area contributed by atoms with E-state index in [9.17, 15) is 9.59 Å².